The van der Waals surface area contributed by atoms with Crippen LogP contribution in [0.15, 0.2) is 18.2 Å². The van der Waals surface area contributed by atoms with E-state index in [0.29, 0.717) is 0 Å². The standard InChI is InChI=1S/C21H30N4/c1-16-9-10-17(2)20(14-16)25-21-18(8-4-5-11-22-21)19(23-25)15-24-12-6-3-7-13-24/h9-10,14,22H,3-8,11-13,15H2,1-2H3. The maximum Gasteiger partial charge on any atom is 0.133 e. The Labute approximate surface area is 151 Å². The van der Waals surface area contributed by atoms with Crippen molar-refractivity contribution in [2.45, 2.75) is 58.9 Å². The van der Waals surface area contributed by atoms with Gasteiger partial charge in [0.05, 0.1) is 11.4 Å². The minimum absolute atomic E-state index is 1.00. The van der Waals surface area contributed by atoms with E-state index in [2.05, 4.69) is 46.9 Å². The first-order chi connectivity index (χ1) is 12.2. The van der Waals surface area contributed by atoms with Crippen LogP contribution in [0.2, 0.25) is 0 Å². The van der Waals surface area contributed by atoms with Crippen molar-refractivity contribution >= 4 is 5.82 Å². The van der Waals surface area contributed by atoms with Gasteiger partial charge < -0.3 is 5.32 Å². The van der Waals surface area contributed by atoms with Crippen molar-refractivity contribution in [2.75, 3.05) is 25.0 Å². The number of aryl methyl sites for hydroxylation is 2. The number of anilines is 1. The third-order valence-corrected chi connectivity index (χ3v) is 5.63. The molecule has 0 bridgehead atoms. The van der Waals surface area contributed by atoms with Gasteiger partial charge in [-0.3, -0.25) is 4.90 Å². The molecular formula is C21H30N4. The molecule has 4 heteroatoms. The van der Waals surface area contributed by atoms with Crippen LogP contribution < -0.4 is 5.32 Å². The van der Waals surface area contributed by atoms with Crippen molar-refractivity contribution in [2.24, 2.45) is 0 Å². The summed E-state index contributed by atoms with van der Waals surface area (Å²) in [6.45, 7) is 8.84. The summed E-state index contributed by atoms with van der Waals surface area (Å²) in [7, 11) is 0. The molecule has 3 heterocycles. The lowest BCUT2D eigenvalue weighted by atomic mass is 10.1. The Morgan fingerprint density at radius 2 is 1.88 bits per heavy atom. The van der Waals surface area contributed by atoms with Gasteiger partial charge in [-0.1, -0.05) is 18.6 Å². The molecule has 2 aromatic rings. The first-order valence-electron chi connectivity index (χ1n) is 9.87. The normalized spacial score (nSPS) is 18.5. The lowest BCUT2D eigenvalue weighted by molar-refractivity contribution is 0.217. The number of likely N-dealkylation sites (tertiary alicyclic amines) is 1. The molecule has 0 aliphatic carbocycles. The Hall–Kier alpha value is -1.81. The molecule has 1 aromatic carbocycles. The minimum Gasteiger partial charge on any atom is -0.370 e. The average Bonchev–Trinajstić information content (AvgIpc) is 2.80. The van der Waals surface area contributed by atoms with Gasteiger partial charge in [-0.2, -0.15) is 5.10 Å². The number of hydrogen-bond acceptors (Lipinski definition) is 3. The Balaban J connectivity index is 1.74. The van der Waals surface area contributed by atoms with E-state index in [1.54, 1.807) is 0 Å². The van der Waals surface area contributed by atoms with Crippen LogP contribution in [-0.2, 0) is 13.0 Å². The van der Waals surface area contributed by atoms with Gasteiger partial charge in [0.25, 0.3) is 0 Å². The molecule has 0 unspecified atom stereocenters. The molecule has 4 rings (SSSR count). The predicted octanol–water partition coefficient (Wildman–Crippen LogP) is 4.22. The number of fused-ring (bicyclic) bond motifs is 1. The molecule has 0 atom stereocenters. The summed E-state index contributed by atoms with van der Waals surface area (Å²) in [4.78, 5) is 2.59. The van der Waals surface area contributed by atoms with Gasteiger partial charge in [0, 0.05) is 18.7 Å². The van der Waals surface area contributed by atoms with Gasteiger partial charge in [-0.15, -0.1) is 0 Å². The summed E-state index contributed by atoms with van der Waals surface area (Å²) in [6.07, 6.45) is 7.69. The highest BCUT2D eigenvalue weighted by atomic mass is 15.3. The van der Waals surface area contributed by atoms with Crippen LogP contribution in [0.5, 0.6) is 0 Å². The second-order valence-electron chi connectivity index (χ2n) is 7.70. The van der Waals surface area contributed by atoms with Crippen LogP contribution in [0.25, 0.3) is 5.69 Å². The first kappa shape index (κ1) is 16.6. The zero-order valence-corrected chi connectivity index (χ0v) is 15.6. The third kappa shape index (κ3) is 3.45. The molecule has 0 saturated carbocycles. The summed E-state index contributed by atoms with van der Waals surface area (Å²) in [5.74, 6) is 1.23. The van der Waals surface area contributed by atoms with Gasteiger partial charge in [-0.25, -0.2) is 4.68 Å². The lowest BCUT2D eigenvalue weighted by Gasteiger charge is -2.25. The highest BCUT2D eigenvalue weighted by Gasteiger charge is 2.23. The summed E-state index contributed by atoms with van der Waals surface area (Å²) in [6, 6.07) is 6.66. The molecule has 1 saturated heterocycles. The van der Waals surface area contributed by atoms with E-state index in [4.69, 9.17) is 5.10 Å². The van der Waals surface area contributed by atoms with Gasteiger partial charge in [0.1, 0.15) is 5.82 Å². The van der Waals surface area contributed by atoms with Gasteiger partial charge in [0.15, 0.2) is 0 Å². The van der Waals surface area contributed by atoms with E-state index in [9.17, 15) is 0 Å². The second kappa shape index (κ2) is 7.20. The van der Waals surface area contributed by atoms with Crippen molar-refractivity contribution in [1.82, 2.24) is 14.7 Å². The molecule has 0 amide bonds. The Morgan fingerprint density at radius 1 is 1.04 bits per heavy atom. The molecule has 4 nitrogen and oxygen atoms in total. The Bertz CT molecular complexity index is 741. The van der Waals surface area contributed by atoms with Crippen LogP contribution >= 0.6 is 0 Å². The van der Waals surface area contributed by atoms with E-state index in [1.807, 2.05) is 0 Å². The van der Waals surface area contributed by atoms with Gasteiger partial charge >= 0.3 is 0 Å². The van der Waals surface area contributed by atoms with E-state index < -0.39 is 0 Å². The summed E-state index contributed by atoms with van der Waals surface area (Å²) >= 11 is 0. The van der Waals surface area contributed by atoms with Crippen LogP contribution in [0.1, 0.15) is 54.5 Å². The number of aromatic nitrogens is 2. The summed E-state index contributed by atoms with van der Waals surface area (Å²) < 4.78 is 2.18. The molecule has 134 valence electrons. The zero-order chi connectivity index (χ0) is 17.2. The average molecular weight is 338 g/mol. The molecule has 0 spiro atoms. The highest BCUT2D eigenvalue weighted by Crippen LogP contribution is 2.30. The fourth-order valence-corrected chi connectivity index (χ4v) is 4.15. The molecule has 0 radical (unpaired) electrons. The van der Waals surface area contributed by atoms with Crippen molar-refractivity contribution < 1.29 is 0 Å². The lowest BCUT2D eigenvalue weighted by Crippen LogP contribution is -2.29. The smallest absolute Gasteiger partial charge is 0.133 e. The van der Waals surface area contributed by atoms with Crippen molar-refractivity contribution in [1.29, 1.82) is 0 Å². The molecule has 2 aliphatic rings. The van der Waals surface area contributed by atoms with Crippen molar-refractivity contribution in [3.05, 3.63) is 40.6 Å². The molecule has 2 aliphatic heterocycles. The predicted molar refractivity (Wildman–Crippen MR) is 104 cm³/mol. The van der Waals surface area contributed by atoms with E-state index in [-0.39, 0.29) is 0 Å². The number of piperidine rings is 1. The van der Waals surface area contributed by atoms with Crippen molar-refractivity contribution in [3.8, 4) is 5.69 Å². The molecule has 1 fully saturated rings. The van der Waals surface area contributed by atoms with Crippen LogP contribution in [0, 0.1) is 13.8 Å². The SMILES string of the molecule is Cc1ccc(C)c(-n2nc(CN3CCCCC3)c3c2NCCCC3)c1. The number of rotatable bonds is 3. The van der Waals surface area contributed by atoms with Crippen LogP contribution in [-0.4, -0.2) is 34.3 Å². The van der Waals surface area contributed by atoms with Gasteiger partial charge in [0.2, 0.25) is 0 Å². The van der Waals surface area contributed by atoms with Crippen LogP contribution in [0.3, 0.4) is 0 Å². The van der Waals surface area contributed by atoms with Crippen LogP contribution in [0.4, 0.5) is 5.82 Å². The molecule has 25 heavy (non-hydrogen) atoms. The number of nitrogens with one attached hydrogen (secondary N) is 1. The fourth-order valence-electron chi connectivity index (χ4n) is 4.15. The highest BCUT2D eigenvalue weighted by molar-refractivity contribution is 5.56. The number of hydrogen-bond donors (Lipinski definition) is 1. The molecule has 1 aromatic heterocycles. The monoisotopic (exact) mass is 338 g/mol. The zero-order valence-electron chi connectivity index (χ0n) is 15.6. The first-order valence-corrected chi connectivity index (χ1v) is 9.87. The van der Waals surface area contributed by atoms with E-state index in [1.165, 1.54) is 79.1 Å². The Kier molecular flexibility index (Phi) is 4.80. The second-order valence-corrected chi connectivity index (χ2v) is 7.70. The van der Waals surface area contributed by atoms with Crippen molar-refractivity contribution in [3.63, 3.8) is 0 Å². The van der Waals surface area contributed by atoms with Gasteiger partial charge in [-0.05, 0) is 76.2 Å². The Morgan fingerprint density at radius 3 is 2.72 bits per heavy atom. The largest absolute Gasteiger partial charge is 0.370 e. The maximum atomic E-state index is 5.11. The minimum atomic E-state index is 1.00. The number of benzene rings is 1. The quantitative estimate of drug-likeness (QED) is 0.909. The fraction of sp³-hybridized carbons (Fsp3) is 0.571. The molecule has 1 N–H and O–H groups in total. The maximum absolute atomic E-state index is 5.11. The van der Waals surface area contributed by atoms with E-state index in [0.717, 1.165) is 19.5 Å². The topological polar surface area (TPSA) is 33.1 Å². The number of nitrogens with zero attached hydrogens (tertiary/aromatic N) is 3. The summed E-state index contributed by atoms with van der Waals surface area (Å²) in [5, 5.41) is 8.79. The molecular weight excluding hydrogens is 308 g/mol. The third-order valence-electron chi connectivity index (χ3n) is 5.63. The van der Waals surface area contributed by atoms with E-state index >= 15 is 0 Å². The summed E-state index contributed by atoms with van der Waals surface area (Å²) in [5.41, 5.74) is 6.52.